The van der Waals surface area contributed by atoms with E-state index >= 15 is 0 Å². The average molecular weight is 269 g/mol. The van der Waals surface area contributed by atoms with Gasteiger partial charge in [-0.2, -0.15) is 0 Å². The number of nitrogens with zero attached hydrogens (tertiary/aromatic N) is 1. The van der Waals surface area contributed by atoms with Crippen LogP contribution in [0.15, 0.2) is 18.2 Å². The lowest BCUT2D eigenvalue weighted by Crippen LogP contribution is -2.27. The summed E-state index contributed by atoms with van der Waals surface area (Å²) in [7, 11) is 1.69. The molecule has 0 spiro atoms. The number of benzene rings is 1. The van der Waals surface area contributed by atoms with Crippen molar-refractivity contribution in [3.05, 3.63) is 28.8 Å². The highest BCUT2D eigenvalue weighted by Crippen LogP contribution is 2.31. The molecule has 2 N–H and O–H groups in total. The van der Waals surface area contributed by atoms with E-state index in [4.69, 9.17) is 22.1 Å². The van der Waals surface area contributed by atoms with Crippen LogP contribution in [0.25, 0.3) is 0 Å². The summed E-state index contributed by atoms with van der Waals surface area (Å²) in [6, 6.07) is 6.35. The minimum absolute atomic E-state index is 0.555. The molecule has 1 saturated heterocycles. The van der Waals surface area contributed by atoms with Gasteiger partial charge in [0.05, 0.1) is 7.11 Å². The van der Waals surface area contributed by atoms with Gasteiger partial charge in [0.2, 0.25) is 0 Å². The Morgan fingerprint density at radius 2 is 2.28 bits per heavy atom. The maximum absolute atomic E-state index is 6.27. The Hall–Kier alpha value is -0.770. The first-order valence-corrected chi connectivity index (χ1v) is 6.79. The third-order valence-corrected chi connectivity index (χ3v) is 4.13. The van der Waals surface area contributed by atoms with Crippen molar-refractivity contribution in [1.82, 2.24) is 4.90 Å². The summed E-state index contributed by atoms with van der Waals surface area (Å²) in [5.74, 6) is 1.47. The molecule has 1 fully saturated rings. The first-order valence-electron chi connectivity index (χ1n) is 6.41. The van der Waals surface area contributed by atoms with Crippen molar-refractivity contribution in [2.45, 2.75) is 25.9 Å². The Labute approximate surface area is 114 Å². The van der Waals surface area contributed by atoms with E-state index in [9.17, 15) is 0 Å². The van der Waals surface area contributed by atoms with Gasteiger partial charge in [0, 0.05) is 29.7 Å². The highest BCUT2D eigenvalue weighted by atomic mass is 35.5. The zero-order valence-electron chi connectivity index (χ0n) is 11.0. The van der Waals surface area contributed by atoms with Gasteiger partial charge < -0.3 is 10.5 Å². The van der Waals surface area contributed by atoms with E-state index in [1.165, 1.54) is 6.42 Å². The van der Waals surface area contributed by atoms with E-state index in [1.807, 2.05) is 18.2 Å². The molecule has 0 bridgehead atoms. The third kappa shape index (κ3) is 2.79. The molecule has 100 valence electrons. The van der Waals surface area contributed by atoms with Crippen molar-refractivity contribution in [2.75, 3.05) is 20.2 Å². The van der Waals surface area contributed by atoms with E-state index in [0.717, 1.165) is 36.0 Å². The SMILES string of the molecule is COc1cccc(Cl)c1CN1CC(CN)CC1C. The van der Waals surface area contributed by atoms with Crippen LogP contribution in [0.5, 0.6) is 5.75 Å². The number of methoxy groups -OCH3 is 1. The zero-order chi connectivity index (χ0) is 13.1. The number of hydrogen-bond acceptors (Lipinski definition) is 3. The number of hydrogen-bond donors (Lipinski definition) is 1. The fraction of sp³-hybridized carbons (Fsp3) is 0.571. The van der Waals surface area contributed by atoms with E-state index in [2.05, 4.69) is 11.8 Å². The molecular formula is C14H21ClN2O. The monoisotopic (exact) mass is 268 g/mol. The fourth-order valence-electron chi connectivity index (χ4n) is 2.70. The molecule has 0 aliphatic carbocycles. The minimum atomic E-state index is 0.555. The minimum Gasteiger partial charge on any atom is -0.496 e. The molecule has 2 rings (SSSR count). The quantitative estimate of drug-likeness (QED) is 0.912. The summed E-state index contributed by atoms with van der Waals surface area (Å²) in [5, 5.41) is 0.776. The van der Waals surface area contributed by atoms with Gasteiger partial charge in [-0.05, 0) is 37.9 Å². The Bertz CT molecular complexity index is 411. The van der Waals surface area contributed by atoms with Crippen molar-refractivity contribution in [2.24, 2.45) is 11.7 Å². The molecular weight excluding hydrogens is 248 g/mol. The molecule has 1 aliphatic heterocycles. The standard InChI is InChI=1S/C14H21ClN2O/c1-10-6-11(7-16)8-17(10)9-12-13(15)4-3-5-14(12)18-2/h3-5,10-11H,6-9,16H2,1-2H3. The van der Waals surface area contributed by atoms with Crippen LogP contribution in [0.4, 0.5) is 0 Å². The maximum Gasteiger partial charge on any atom is 0.124 e. The summed E-state index contributed by atoms with van der Waals surface area (Å²) in [6.07, 6.45) is 1.17. The van der Waals surface area contributed by atoms with E-state index in [-0.39, 0.29) is 0 Å². The van der Waals surface area contributed by atoms with Crippen LogP contribution in [0, 0.1) is 5.92 Å². The van der Waals surface area contributed by atoms with Gasteiger partial charge in [-0.25, -0.2) is 0 Å². The predicted molar refractivity (Wildman–Crippen MR) is 75.0 cm³/mol. The van der Waals surface area contributed by atoms with Crippen LogP contribution in [-0.4, -0.2) is 31.1 Å². The summed E-state index contributed by atoms with van der Waals surface area (Å²) in [5.41, 5.74) is 6.84. The van der Waals surface area contributed by atoms with Gasteiger partial charge in [0.15, 0.2) is 0 Å². The van der Waals surface area contributed by atoms with Crippen LogP contribution in [0.3, 0.4) is 0 Å². The molecule has 0 amide bonds. The topological polar surface area (TPSA) is 38.5 Å². The van der Waals surface area contributed by atoms with Gasteiger partial charge >= 0.3 is 0 Å². The Morgan fingerprint density at radius 3 is 2.89 bits per heavy atom. The molecule has 1 aromatic carbocycles. The van der Waals surface area contributed by atoms with Crippen LogP contribution >= 0.6 is 11.6 Å². The van der Waals surface area contributed by atoms with Crippen LogP contribution in [0.2, 0.25) is 5.02 Å². The zero-order valence-corrected chi connectivity index (χ0v) is 11.8. The predicted octanol–water partition coefficient (Wildman–Crippen LogP) is 2.52. The molecule has 18 heavy (non-hydrogen) atoms. The summed E-state index contributed by atoms with van der Waals surface area (Å²) in [4.78, 5) is 2.43. The first-order chi connectivity index (χ1) is 8.65. The van der Waals surface area contributed by atoms with Crippen LogP contribution in [-0.2, 0) is 6.54 Å². The number of ether oxygens (including phenoxy) is 1. The third-order valence-electron chi connectivity index (χ3n) is 3.78. The van der Waals surface area contributed by atoms with E-state index < -0.39 is 0 Å². The maximum atomic E-state index is 6.27. The molecule has 0 saturated carbocycles. The number of likely N-dealkylation sites (tertiary alicyclic amines) is 1. The van der Waals surface area contributed by atoms with Crippen LogP contribution in [0.1, 0.15) is 18.9 Å². The summed E-state index contributed by atoms with van der Waals surface area (Å²) in [6.45, 7) is 4.89. The van der Waals surface area contributed by atoms with E-state index in [0.29, 0.717) is 12.0 Å². The molecule has 2 unspecified atom stereocenters. The second kappa shape index (κ2) is 5.91. The normalized spacial score (nSPS) is 24.4. The fourth-order valence-corrected chi connectivity index (χ4v) is 2.92. The molecule has 4 heteroatoms. The second-order valence-electron chi connectivity index (χ2n) is 5.04. The lowest BCUT2D eigenvalue weighted by molar-refractivity contribution is 0.251. The van der Waals surface area contributed by atoms with E-state index in [1.54, 1.807) is 7.11 Å². The van der Waals surface area contributed by atoms with Gasteiger partial charge in [0.1, 0.15) is 5.75 Å². The highest BCUT2D eigenvalue weighted by Gasteiger charge is 2.28. The molecule has 1 aromatic rings. The van der Waals surface area contributed by atoms with Gasteiger partial charge in [-0.3, -0.25) is 4.90 Å². The van der Waals surface area contributed by atoms with Crippen LogP contribution < -0.4 is 10.5 Å². The lowest BCUT2D eigenvalue weighted by atomic mass is 10.1. The van der Waals surface area contributed by atoms with Crippen molar-refractivity contribution >= 4 is 11.6 Å². The number of rotatable bonds is 4. The molecule has 0 radical (unpaired) electrons. The molecule has 1 aliphatic rings. The molecule has 0 aromatic heterocycles. The Balaban J connectivity index is 2.14. The van der Waals surface area contributed by atoms with Gasteiger partial charge in [-0.1, -0.05) is 17.7 Å². The molecule has 2 atom stereocenters. The van der Waals surface area contributed by atoms with Gasteiger partial charge in [0.25, 0.3) is 0 Å². The summed E-state index contributed by atoms with van der Waals surface area (Å²) < 4.78 is 5.39. The second-order valence-corrected chi connectivity index (χ2v) is 5.44. The average Bonchev–Trinajstić information content (AvgIpc) is 2.73. The summed E-state index contributed by atoms with van der Waals surface area (Å²) >= 11 is 6.27. The largest absolute Gasteiger partial charge is 0.496 e. The Kier molecular flexibility index (Phi) is 4.49. The number of nitrogens with two attached hydrogens (primary N) is 1. The first kappa shape index (κ1) is 13.7. The van der Waals surface area contributed by atoms with Gasteiger partial charge in [-0.15, -0.1) is 0 Å². The van der Waals surface area contributed by atoms with Crippen molar-refractivity contribution < 1.29 is 4.74 Å². The van der Waals surface area contributed by atoms with Crippen molar-refractivity contribution in [3.8, 4) is 5.75 Å². The van der Waals surface area contributed by atoms with Crippen molar-refractivity contribution in [3.63, 3.8) is 0 Å². The molecule has 1 heterocycles. The molecule has 3 nitrogen and oxygen atoms in total. The smallest absolute Gasteiger partial charge is 0.124 e. The highest BCUT2D eigenvalue weighted by molar-refractivity contribution is 6.31. The lowest BCUT2D eigenvalue weighted by Gasteiger charge is -2.23. The Morgan fingerprint density at radius 1 is 1.50 bits per heavy atom. The number of halogens is 1. The van der Waals surface area contributed by atoms with Crippen molar-refractivity contribution in [1.29, 1.82) is 0 Å².